The van der Waals surface area contributed by atoms with Crippen LogP contribution >= 0.6 is 0 Å². The number of sulfone groups is 1. The average molecular weight is 361 g/mol. The van der Waals surface area contributed by atoms with E-state index >= 15 is 0 Å². The molecule has 1 heterocycles. The van der Waals surface area contributed by atoms with Gasteiger partial charge in [-0.15, -0.1) is 0 Å². The SMILES string of the molecule is O=C(COc1ccccc1)N(c1ccc(F)cc1)[C@@H]1C=CS(=O)(=O)C1. The van der Waals surface area contributed by atoms with E-state index < -0.39 is 27.6 Å². The molecule has 0 fully saturated rings. The molecule has 2 aromatic carbocycles. The minimum atomic E-state index is -3.35. The fourth-order valence-electron chi connectivity index (χ4n) is 2.57. The second kappa shape index (κ2) is 7.06. The number of hydrogen-bond acceptors (Lipinski definition) is 4. The molecule has 1 aliphatic heterocycles. The van der Waals surface area contributed by atoms with Crippen LogP contribution in [0.15, 0.2) is 66.1 Å². The quantitative estimate of drug-likeness (QED) is 0.821. The fraction of sp³-hybridized carbons (Fsp3) is 0.167. The number of para-hydroxylation sites is 1. The summed E-state index contributed by atoms with van der Waals surface area (Å²) in [6.45, 7) is -0.258. The predicted molar refractivity (Wildman–Crippen MR) is 92.5 cm³/mol. The van der Waals surface area contributed by atoms with Crippen molar-refractivity contribution in [3.63, 3.8) is 0 Å². The summed E-state index contributed by atoms with van der Waals surface area (Å²) in [7, 11) is -3.35. The molecule has 5 nitrogen and oxygen atoms in total. The molecule has 0 radical (unpaired) electrons. The Kier molecular flexibility index (Phi) is 4.85. The number of halogens is 1. The van der Waals surface area contributed by atoms with Gasteiger partial charge in [-0.05, 0) is 42.5 Å². The summed E-state index contributed by atoms with van der Waals surface area (Å²) < 4.78 is 42.1. The van der Waals surface area contributed by atoms with Crippen molar-refractivity contribution in [1.82, 2.24) is 0 Å². The zero-order valence-corrected chi connectivity index (χ0v) is 14.0. The third-order valence-corrected chi connectivity index (χ3v) is 5.10. The van der Waals surface area contributed by atoms with Crippen molar-refractivity contribution in [2.45, 2.75) is 6.04 Å². The van der Waals surface area contributed by atoms with Crippen LogP contribution in [0.4, 0.5) is 10.1 Å². The number of rotatable bonds is 5. The Hall–Kier alpha value is -2.67. The van der Waals surface area contributed by atoms with Gasteiger partial charge >= 0.3 is 0 Å². The lowest BCUT2D eigenvalue weighted by atomic mass is 10.2. The first-order valence-corrected chi connectivity index (χ1v) is 9.32. The average Bonchev–Trinajstić information content (AvgIpc) is 2.95. The van der Waals surface area contributed by atoms with E-state index in [2.05, 4.69) is 0 Å². The molecule has 1 aliphatic rings. The summed E-state index contributed by atoms with van der Waals surface area (Å²) in [5.41, 5.74) is 0.412. The first kappa shape index (κ1) is 17.2. The summed E-state index contributed by atoms with van der Waals surface area (Å²) in [4.78, 5) is 14.0. The smallest absolute Gasteiger partial charge is 0.265 e. The number of hydrogen-bond donors (Lipinski definition) is 0. The summed E-state index contributed by atoms with van der Waals surface area (Å²) in [6, 6.07) is 13.5. The van der Waals surface area contributed by atoms with Gasteiger partial charge in [-0.2, -0.15) is 0 Å². The Labute approximate surface area is 145 Å². The van der Waals surface area contributed by atoms with Crippen LogP contribution in [-0.2, 0) is 14.6 Å². The van der Waals surface area contributed by atoms with E-state index in [0.29, 0.717) is 11.4 Å². The molecule has 0 bridgehead atoms. The molecule has 0 aliphatic carbocycles. The third-order valence-electron chi connectivity index (χ3n) is 3.72. The van der Waals surface area contributed by atoms with Crippen molar-refractivity contribution >= 4 is 21.4 Å². The van der Waals surface area contributed by atoms with Gasteiger partial charge in [-0.1, -0.05) is 18.2 Å². The monoisotopic (exact) mass is 361 g/mol. The third kappa shape index (κ3) is 4.24. The number of benzene rings is 2. The fourth-order valence-corrected chi connectivity index (χ4v) is 3.84. The summed E-state index contributed by atoms with van der Waals surface area (Å²) in [5, 5.41) is 1.10. The highest BCUT2D eigenvalue weighted by Gasteiger charge is 2.31. The van der Waals surface area contributed by atoms with Gasteiger partial charge in [-0.3, -0.25) is 4.79 Å². The van der Waals surface area contributed by atoms with Crippen molar-refractivity contribution in [2.24, 2.45) is 0 Å². The van der Waals surface area contributed by atoms with E-state index in [1.165, 1.54) is 35.2 Å². The van der Waals surface area contributed by atoms with Gasteiger partial charge in [0, 0.05) is 11.1 Å². The molecule has 130 valence electrons. The summed E-state index contributed by atoms with van der Waals surface area (Å²) >= 11 is 0. The molecule has 0 saturated heterocycles. The molecule has 3 rings (SSSR count). The number of carbonyl (C=O) groups is 1. The number of carbonyl (C=O) groups excluding carboxylic acids is 1. The molecule has 2 aromatic rings. The Bertz CT molecular complexity index is 879. The van der Waals surface area contributed by atoms with Gasteiger partial charge in [0.1, 0.15) is 11.6 Å². The lowest BCUT2D eigenvalue weighted by Gasteiger charge is -2.27. The largest absolute Gasteiger partial charge is 0.484 e. The Morgan fingerprint density at radius 2 is 1.80 bits per heavy atom. The van der Waals surface area contributed by atoms with E-state index in [9.17, 15) is 17.6 Å². The lowest BCUT2D eigenvalue weighted by Crippen LogP contribution is -2.43. The molecule has 25 heavy (non-hydrogen) atoms. The number of nitrogens with zero attached hydrogens (tertiary/aromatic N) is 1. The maximum Gasteiger partial charge on any atom is 0.265 e. The summed E-state index contributed by atoms with van der Waals surface area (Å²) in [6.07, 6.45) is 1.46. The van der Waals surface area contributed by atoms with Gasteiger partial charge in [0.15, 0.2) is 16.4 Å². The number of ether oxygens (including phenoxy) is 1. The Balaban J connectivity index is 1.82. The second-order valence-corrected chi connectivity index (χ2v) is 7.50. The first-order valence-electron chi connectivity index (χ1n) is 7.61. The Morgan fingerprint density at radius 3 is 2.40 bits per heavy atom. The molecule has 0 aromatic heterocycles. The highest BCUT2D eigenvalue weighted by Crippen LogP contribution is 2.23. The predicted octanol–water partition coefficient (Wildman–Crippen LogP) is 2.55. The number of anilines is 1. The molecule has 0 spiro atoms. The van der Waals surface area contributed by atoms with Crippen LogP contribution in [0.25, 0.3) is 0 Å². The van der Waals surface area contributed by atoms with Gasteiger partial charge in [-0.25, -0.2) is 12.8 Å². The van der Waals surface area contributed by atoms with Gasteiger partial charge in [0.25, 0.3) is 5.91 Å². The van der Waals surface area contributed by atoms with E-state index in [-0.39, 0.29) is 12.4 Å². The van der Waals surface area contributed by atoms with E-state index in [0.717, 1.165) is 5.41 Å². The topological polar surface area (TPSA) is 63.7 Å². The van der Waals surface area contributed by atoms with Crippen LogP contribution in [0.2, 0.25) is 0 Å². The standard InChI is InChI=1S/C18H16FNO4S/c19-14-6-8-15(9-7-14)20(16-10-11-25(22,23)13-16)18(21)12-24-17-4-2-1-3-5-17/h1-11,16H,12-13H2/t16-/m1/s1. The Morgan fingerprint density at radius 1 is 1.12 bits per heavy atom. The maximum absolute atomic E-state index is 13.2. The van der Waals surface area contributed by atoms with Crippen LogP contribution in [0.1, 0.15) is 0 Å². The minimum Gasteiger partial charge on any atom is -0.484 e. The van der Waals surface area contributed by atoms with Crippen LogP contribution in [0.5, 0.6) is 5.75 Å². The van der Waals surface area contributed by atoms with Gasteiger partial charge < -0.3 is 9.64 Å². The van der Waals surface area contributed by atoms with Crippen molar-refractivity contribution in [3.05, 3.63) is 71.9 Å². The van der Waals surface area contributed by atoms with Crippen molar-refractivity contribution in [1.29, 1.82) is 0 Å². The van der Waals surface area contributed by atoms with E-state index in [1.807, 2.05) is 6.07 Å². The second-order valence-electron chi connectivity index (χ2n) is 5.57. The zero-order chi connectivity index (χ0) is 17.9. The minimum absolute atomic E-state index is 0.207. The molecule has 1 amide bonds. The van der Waals surface area contributed by atoms with E-state index in [4.69, 9.17) is 4.74 Å². The van der Waals surface area contributed by atoms with Crippen molar-refractivity contribution in [2.75, 3.05) is 17.3 Å². The molecule has 7 heteroatoms. The van der Waals surface area contributed by atoms with Gasteiger partial charge in [0.2, 0.25) is 0 Å². The molecular formula is C18H16FNO4S. The highest BCUT2D eigenvalue weighted by atomic mass is 32.2. The van der Waals surface area contributed by atoms with Crippen LogP contribution in [-0.4, -0.2) is 32.7 Å². The van der Waals surface area contributed by atoms with Crippen molar-refractivity contribution in [3.8, 4) is 5.75 Å². The normalized spacial score (nSPS) is 18.0. The molecule has 0 saturated carbocycles. The lowest BCUT2D eigenvalue weighted by molar-refractivity contribution is -0.120. The van der Waals surface area contributed by atoms with E-state index in [1.54, 1.807) is 24.3 Å². The van der Waals surface area contributed by atoms with Crippen LogP contribution in [0.3, 0.4) is 0 Å². The van der Waals surface area contributed by atoms with Crippen LogP contribution in [0, 0.1) is 5.82 Å². The molecule has 0 unspecified atom stereocenters. The van der Waals surface area contributed by atoms with Crippen LogP contribution < -0.4 is 9.64 Å². The maximum atomic E-state index is 13.2. The highest BCUT2D eigenvalue weighted by molar-refractivity contribution is 7.94. The number of amides is 1. The molecular weight excluding hydrogens is 345 g/mol. The van der Waals surface area contributed by atoms with Gasteiger partial charge in [0.05, 0.1) is 11.8 Å². The van der Waals surface area contributed by atoms with Crippen molar-refractivity contribution < 1.29 is 22.3 Å². The first-order chi connectivity index (χ1) is 11.9. The summed E-state index contributed by atoms with van der Waals surface area (Å²) in [5.74, 6) is -0.528. The zero-order valence-electron chi connectivity index (χ0n) is 13.2. The molecule has 1 atom stereocenters. The molecule has 0 N–H and O–H groups in total.